The smallest absolute Gasteiger partial charge is 0.351 e. The van der Waals surface area contributed by atoms with Crippen LogP contribution in [0.25, 0.3) is 11.6 Å². The molecule has 0 bridgehead atoms. The van der Waals surface area contributed by atoms with Crippen molar-refractivity contribution in [3.63, 3.8) is 0 Å². The first-order valence-electron chi connectivity index (χ1n) is 24.3. The van der Waals surface area contributed by atoms with Gasteiger partial charge in [-0.05, 0) is 106 Å². The number of hydrogen-bond acceptors (Lipinski definition) is 17. The Morgan fingerprint density at radius 1 is 0.958 bits per heavy atom. The van der Waals surface area contributed by atoms with Gasteiger partial charge in [-0.3, -0.25) is 23.1 Å². The fraction of sp³-hybridized carbons (Fsp3) is 0.458. The predicted molar refractivity (Wildman–Crippen MR) is 257 cm³/mol. The number of allylic oxidation sites excluding steroid dienone is 1. The molecule has 72 heavy (non-hydrogen) atoms. The summed E-state index contributed by atoms with van der Waals surface area (Å²) in [5, 5.41) is 16.3. The number of nitrogens with one attached hydrogen (secondary N) is 1. The maximum Gasteiger partial charge on any atom is 0.351 e. The number of nitrogens with zero attached hydrogens (tertiary/aromatic N) is 4. The molecule has 4 unspecified atom stereocenters. The number of benzene rings is 3. The van der Waals surface area contributed by atoms with Gasteiger partial charge in [0.05, 0.1) is 18.3 Å². The molecule has 0 radical (unpaired) electrons. The van der Waals surface area contributed by atoms with Crippen molar-refractivity contribution >= 4 is 52.5 Å². The second-order valence-corrected chi connectivity index (χ2v) is 23.4. The lowest BCUT2D eigenvalue weighted by molar-refractivity contribution is -0.250. The summed E-state index contributed by atoms with van der Waals surface area (Å²) in [5.41, 5.74) is 17.1. The van der Waals surface area contributed by atoms with E-state index < -0.39 is 54.2 Å². The Labute approximate surface area is 414 Å². The molecule has 1 amide bonds. The van der Waals surface area contributed by atoms with E-state index in [0.29, 0.717) is 36.9 Å². The second kappa shape index (κ2) is 20.1. The molecular weight excluding hydrogens is 993 g/mol. The molecule has 6 aliphatic heterocycles. The topological polar surface area (TPSA) is 303 Å². The van der Waals surface area contributed by atoms with Gasteiger partial charge in [0, 0.05) is 89.4 Å². The van der Waals surface area contributed by atoms with Crippen LogP contribution in [0.5, 0.6) is 11.5 Å². The van der Waals surface area contributed by atoms with Crippen molar-refractivity contribution in [1.82, 2.24) is 19.4 Å². The Bertz CT molecular complexity index is 3240. The number of hydrogen-bond donors (Lipinski definition) is 4. The van der Waals surface area contributed by atoms with Gasteiger partial charge in [-0.25, -0.2) is 18.0 Å². The SMILES string of the molecule is Cc1ccc(C(=O)NCCCC/C=C/c2cn([C@@H]3O[C@H](COP(=O)([O-])OP(=O)([O-])OP(=O)([O-])O)CC3O)c(=O)nc2N)cc1C1=c2cc3c4c(c2Oc2c1cc1c5c2CCCN5CCC1)CCC[N+]=4CCC3. The molecule has 5 N–H and O–H groups in total. The number of nitrogens with two attached hydrogens (primary N) is 1. The van der Waals surface area contributed by atoms with Gasteiger partial charge in [0.2, 0.25) is 5.36 Å². The van der Waals surface area contributed by atoms with Crippen LogP contribution < -0.4 is 56.2 Å². The summed E-state index contributed by atoms with van der Waals surface area (Å²) in [4.78, 5) is 75.9. The first-order chi connectivity index (χ1) is 34.3. The van der Waals surface area contributed by atoms with E-state index in [1.165, 1.54) is 39.5 Å². The second-order valence-electron chi connectivity index (χ2n) is 19.1. The number of aliphatic hydroxyl groups is 1. The first kappa shape index (κ1) is 50.7. The van der Waals surface area contributed by atoms with E-state index in [9.17, 15) is 43.1 Å². The maximum absolute atomic E-state index is 13.9. The molecule has 10 rings (SSSR count). The molecule has 24 heteroatoms. The minimum Gasteiger partial charge on any atom is -0.756 e. The van der Waals surface area contributed by atoms with Crippen molar-refractivity contribution in [3.05, 3.63) is 114 Å². The molecule has 384 valence electrons. The minimum atomic E-state index is -6.11. The number of aryl methyl sites for hydroxylation is 3. The summed E-state index contributed by atoms with van der Waals surface area (Å²) in [7, 11) is -17.8. The number of phosphoric ester groups is 1. The standard InChI is InChI=1S/C48H57N6O15P3/c1-28-15-16-31(24-36(28)40-37-22-29-11-6-18-52-20-8-13-34(41(29)52)43(37)67-44-35-14-9-21-53-19-7-12-30(42(35)53)23-38(40)44)46(56)50-17-5-3-2-4-10-32-26-54(48(57)51-45(32)49)47-39(55)25-33(66-47)27-65-71(61,62)69-72(63,64)68-70(58,59)60/h4,10,15-16,22-24,26,33,39,47,55H,2-3,5-9,11-14,17-21,25,27H2,1H3,(H6-,49,50,51,56,57,58,59,60,61,62,63,64)/p-2/b10-4+/t33-,39?,47+/m0/s1. The van der Waals surface area contributed by atoms with Crippen LogP contribution in [-0.4, -0.2) is 77.0 Å². The number of unbranched alkanes of at least 4 members (excludes halogenated alkanes) is 2. The third-order valence-electron chi connectivity index (χ3n) is 14.1. The van der Waals surface area contributed by atoms with Crippen LogP contribution in [0.1, 0.15) is 112 Å². The highest BCUT2D eigenvalue weighted by Gasteiger charge is 2.39. The number of ether oxygens (including phenoxy) is 2. The Kier molecular flexibility index (Phi) is 14.2. The number of nitrogen functional groups attached to an aromatic ring is 1. The van der Waals surface area contributed by atoms with Gasteiger partial charge in [0.25, 0.3) is 29.4 Å². The zero-order valence-electron chi connectivity index (χ0n) is 39.5. The van der Waals surface area contributed by atoms with E-state index in [-0.39, 0.29) is 18.1 Å². The van der Waals surface area contributed by atoms with Crippen molar-refractivity contribution in [2.75, 3.05) is 50.0 Å². The van der Waals surface area contributed by atoms with E-state index >= 15 is 0 Å². The molecule has 1 fully saturated rings. The fourth-order valence-corrected chi connectivity index (χ4v) is 14.0. The number of amides is 1. The van der Waals surface area contributed by atoms with Crippen molar-refractivity contribution in [2.24, 2.45) is 0 Å². The van der Waals surface area contributed by atoms with Crippen molar-refractivity contribution < 1.29 is 65.8 Å². The molecule has 6 atom stereocenters. The minimum absolute atomic E-state index is 0.101. The first-order valence-corrected chi connectivity index (χ1v) is 28.7. The normalized spacial score (nSPS) is 22.5. The lowest BCUT2D eigenvalue weighted by Gasteiger charge is -2.39. The Balaban J connectivity index is 0.805. The van der Waals surface area contributed by atoms with Crippen LogP contribution in [0.3, 0.4) is 0 Å². The molecular formula is C48H55N6O15P3-2. The molecule has 0 spiro atoms. The number of aliphatic hydroxyl groups excluding tert-OH is 1. The van der Waals surface area contributed by atoms with Gasteiger partial charge < -0.3 is 54.6 Å². The van der Waals surface area contributed by atoms with Gasteiger partial charge in [-0.1, -0.05) is 18.2 Å². The van der Waals surface area contributed by atoms with Gasteiger partial charge >= 0.3 is 5.69 Å². The molecule has 0 aliphatic carbocycles. The number of aromatic nitrogens is 2. The average Bonchev–Trinajstić information content (AvgIpc) is 3.69. The predicted octanol–water partition coefficient (Wildman–Crippen LogP) is 2.28. The summed E-state index contributed by atoms with van der Waals surface area (Å²) in [6.45, 7) is 5.88. The number of rotatable bonds is 16. The quantitative estimate of drug-likeness (QED) is 0.0626. The highest BCUT2D eigenvalue weighted by atomic mass is 31.3. The van der Waals surface area contributed by atoms with E-state index in [2.05, 4.69) is 52.0 Å². The number of anilines is 2. The van der Waals surface area contributed by atoms with Gasteiger partial charge in [0.1, 0.15) is 36.5 Å². The van der Waals surface area contributed by atoms with E-state index in [0.717, 1.165) is 121 Å². The molecule has 7 heterocycles. The lowest BCUT2D eigenvalue weighted by atomic mass is 9.81. The van der Waals surface area contributed by atoms with Gasteiger partial charge in [-0.15, -0.1) is 0 Å². The summed E-state index contributed by atoms with van der Waals surface area (Å²) >= 11 is 0. The third-order valence-corrected chi connectivity index (χ3v) is 17.8. The number of carbonyl (C=O) groups excluding carboxylic acids is 1. The van der Waals surface area contributed by atoms with Crippen LogP contribution in [0.15, 0.2) is 47.4 Å². The molecule has 4 aromatic rings. The van der Waals surface area contributed by atoms with E-state index in [1.807, 2.05) is 24.3 Å². The van der Waals surface area contributed by atoms with Gasteiger partial charge in [0.15, 0.2) is 6.23 Å². The largest absolute Gasteiger partial charge is 0.756 e. The lowest BCUT2D eigenvalue weighted by Crippen LogP contribution is -2.45. The zero-order valence-corrected chi connectivity index (χ0v) is 42.2. The maximum atomic E-state index is 13.9. The van der Waals surface area contributed by atoms with Crippen LogP contribution in [0.4, 0.5) is 11.5 Å². The monoisotopic (exact) mass is 1050 g/mol. The summed E-state index contributed by atoms with van der Waals surface area (Å²) in [6, 6.07) is 10.7. The van der Waals surface area contributed by atoms with Crippen LogP contribution in [0, 0.1) is 6.92 Å². The molecule has 1 saturated heterocycles. The Hall–Kier alpha value is -4.85. The number of phosphoric acid groups is 3. The van der Waals surface area contributed by atoms with Crippen molar-refractivity contribution in [1.29, 1.82) is 0 Å². The summed E-state index contributed by atoms with van der Waals surface area (Å²) in [6.07, 6.45) is 10.8. The molecule has 21 nitrogen and oxygen atoms in total. The highest BCUT2D eigenvalue weighted by Crippen LogP contribution is 2.61. The zero-order chi connectivity index (χ0) is 50.7. The Morgan fingerprint density at radius 3 is 2.50 bits per heavy atom. The van der Waals surface area contributed by atoms with Crippen LogP contribution in [-0.2, 0) is 57.3 Å². The van der Waals surface area contributed by atoms with Crippen molar-refractivity contribution in [2.45, 2.75) is 102 Å². The van der Waals surface area contributed by atoms with E-state index in [4.69, 9.17) is 20.1 Å². The van der Waals surface area contributed by atoms with E-state index in [1.54, 1.807) is 6.08 Å². The summed E-state index contributed by atoms with van der Waals surface area (Å²) < 4.78 is 61.9. The fourth-order valence-electron chi connectivity index (χ4n) is 11.1. The molecule has 6 aliphatic rings. The van der Waals surface area contributed by atoms with Gasteiger partial charge in [-0.2, -0.15) is 4.98 Å². The molecule has 0 saturated carbocycles. The molecule has 1 aromatic heterocycles. The average molecular weight is 1050 g/mol. The molecule has 3 aromatic carbocycles. The summed E-state index contributed by atoms with van der Waals surface area (Å²) in [5.74, 6) is 1.67. The van der Waals surface area contributed by atoms with Crippen LogP contribution >= 0.6 is 23.5 Å². The number of carbonyl (C=O) groups is 1. The Morgan fingerprint density at radius 2 is 1.71 bits per heavy atom. The number of fused-ring (bicyclic) bond motifs is 4. The highest BCUT2D eigenvalue weighted by molar-refractivity contribution is 7.65. The van der Waals surface area contributed by atoms with Crippen molar-refractivity contribution in [3.8, 4) is 11.5 Å². The third kappa shape index (κ3) is 10.5. The van der Waals surface area contributed by atoms with Crippen LogP contribution in [0.2, 0.25) is 0 Å².